The molecule has 0 saturated heterocycles. The van der Waals surface area contributed by atoms with Gasteiger partial charge >= 0.3 is 0 Å². The van der Waals surface area contributed by atoms with Crippen LogP contribution < -0.4 is 0 Å². The molecule has 0 amide bonds. The van der Waals surface area contributed by atoms with Crippen molar-refractivity contribution in [3.05, 3.63) is 48.7 Å². The van der Waals surface area contributed by atoms with Crippen LogP contribution in [0.3, 0.4) is 0 Å². The fourth-order valence-corrected chi connectivity index (χ4v) is 1.51. The smallest absolute Gasteiger partial charge is 0.128 e. The monoisotopic (exact) mass is 190 g/mol. The van der Waals surface area contributed by atoms with E-state index in [1.165, 1.54) is 11.8 Å². The van der Waals surface area contributed by atoms with Crippen molar-refractivity contribution in [3.8, 4) is 0 Å². The Kier molecular flexibility index (Phi) is 3.34. The summed E-state index contributed by atoms with van der Waals surface area (Å²) >= 11 is 0. The van der Waals surface area contributed by atoms with Crippen LogP contribution in [0.2, 0.25) is 0 Å². The first kappa shape index (κ1) is 10.8. The highest BCUT2D eigenvalue weighted by Gasteiger charge is 2.26. The van der Waals surface area contributed by atoms with E-state index in [0.717, 1.165) is 0 Å². The lowest BCUT2D eigenvalue weighted by molar-refractivity contribution is 0.0454. The summed E-state index contributed by atoms with van der Waals surface area (Å²) in [5.74, 6) is 0. The molecule has 0 aliphatic heterocycles. The Hall–Kier alpha value is -1.24. The molecule has 1 nitrogen and oxygen atoms in total. The van der Waals surface area contributed by atoms with E-state index in [0.29, 0.717) is 0 Å². The van der Waals surface area contributed by atoms with Crippen molar-refractivity contribution in [2.45, 2.75) is 26.9 Å². The minimum absolute atomic E-state index is 0.0706. The van der Waals surface area contributed by atoms with Crippen LogP contribution in [-0.4, -0.2) is 0 Å². The van der Waals surface area contributed by atoms with Gasteiger partial charge in [0.15, 0.2) is 0 Å². The number of benzene rings is 1. The van der Waals surface area contributed by atoms with E-state index in [4.69, 9.17) is 4.74 Å². The third-order valence-corrected chi connectivity index (χ3v) is 2.12. The van der Waals surface area contributed by atoms with Crippen molar-refractivity contribution in [1.29, 1.82) is 0 Å². The molecule has 0 unspecified atom stereocenters. The van der Waals surface area contributed by atoms with Crippen molar-refractivity contribution >= 4 is 0 Å². The van der Waals surface area contributed by atoms with Gasteiger partial charge in [-0.1, -0.05) is 57.7 Å². The van der Waals surface area contributed by atoms with Gasteiger partial charge in [0.2, 0.25) is 0 Å². The van der Waals surface area contributed by atoms with Crippen LogP contribution in [-0.2, 0) is 4.74 Å². The topological polar surface area (TPSA) is 9.23 Å². The van der Waals surface area contributed by atoms with E-state index in [1.54, 1.807) is 0 Å². The lowest BCUT2D eigenvalue weighted by atomic mass is 9.84. The molecule has 76 valence electrons. The molecule has 0 saturated carbocycles. The van der Waals surface area contributed by atoms with Crippen molar-refractivity contribution in [2.24, 2.45) is 5.41 Å². The van der Waals surface area contributed by atoms with Gasteiger partial charge in [-0.2, -0.15) is 0 Å². The molecule has 0 N–H and O–H groups in total. The van der Waals surface area contributed by atoms with Crippen molar-refractivity contribution in [1.82, 2.24) is 0 Å². The summed E-state index contributed by atoms with van der Waals surface area (Å²) in [5.41, 5.74) is 1.27. The third kappa shape index (κ3) is 2.63. The Labute approximate surface area is 86.4 Å². The average Bonchev–Trinajstić information content (AvgIpc) is 2.14. The van der Waals surface area contributed by atoms with E-state index >= 15 is 0 Å². The van der Waals surface area contributed by atoms with Gasteiger partial charge in [0.25, 0.3) is 0 Å². The first-order valence-corrected chi connectivity index (χ1v) is 4.87. The van der Waals surface area contributed by atoms with Gasteiger partial charge in [-0.15, -0.1) is 0 Å². The van der Waals surface area contributed by atoms with Crippen molar-refractivity contribution < 1.29 is 4.74 Å². The zero-order valence-corrected chi connectivity index (χ0v) is 9.16. The first-order chi connectivity index (χ1) is 6.55. The number of rotatable bonds is 3. The third-order valence-electron chi connectivity index (χ3n) is 2.12. The second-order valence-electron chi connectivity index (χ2n) is 4.46. The van der Waals surface area contributed by atoms with Crippen LogP contribution >= 0.6 is 0 Å². The molecule has 0 fully saturated rings. The Balaban J connectivity index is 2.95. The summed E-state index contributed by atoms with van der Waals surface area (Å²) in [7, 11) is 0. The summed E-state index contributed by atoms with van der Waals surface area (Å²) < 4.78 is 5.56. The second-order valence-corrected chi connectivity index (χ2v) is 4.46. The molecule has 1 atom stereocenters. The molecule has 0 radical (unpaired) electrons. The predicted octanol–water partition coefficient (Wildman–Crippen LogP) is 3.93. The summed E-state index contributed by atoms with van der Waals surface area (Å²) in [5, 5.41) is 0. The van der Waals surface area contributed by atoms with Crippen LogP contribution in [0.5, 0.6) is 0 Å². The summed E-state index contributed by atoms with van der Waals surface area (Å²) in [6, 6.07) is 10.2. The SMILES string of the molecule is C=CO[C@@H](c1ccccc1)C(C)(C)C. The molecule has 0 spiro atoms. The summed E-state index contributed by atoms with van der Waals surface area (Å²) in [4.78, 5) is 0. The van der Waals surface area contributed by atoms with E-state index in [-0.39, 0.29) is 11.5 Å². The number of hydrogen-bond donors (Lipinski definition) is 0. The molecular weight excluding hydrogens is 172 g/mol. The second kappa shape index (κ2) is 4.32. The maximum atomic E-state index is 5.56. The van der Waals surface area contributed by atoms with Crippen molar-refractivity contribution in [2.75, 3.05) is 0 Å². The molecule has 0 aliphatic rings. The van der Waals surface area contributed by atoms with Crippen LogP contribution in [0.4, 0.5) is 0 Å². The summed E-state index contributed by atoms with van der Waals surface area (Å²) in [6.45, 7) is 10.1. The molecule has 1 aromatic rings. The molecule has 1 aromatic carbocycles. The lowest BCUT2D eigenvalue weighted by Crippen LogP contribution is -2.19. The quantitative estimate of drug-likeness (QED) is 0.656. The molecule has 0 aliphatic carbocycles. The van der Waals surface area contributed by atoms with Gasteiger partial charge < -0.3 is 4.74 Å². The molecule has 1 rings (SSSR count). The van der Waals surface area contributed by atoms with Crippen LogP contribution in [0.15, 0.2) is 43.2 Å². The maximum absolute atomic E-state index is 5.56. The number of ether oxygens (including phenoxy) is 1. The first-order valence-electron chi connectivity index (χ1n) is 4.87. The van der Waals surface area contributed by atoms with Gasteiger partial charge in [-0.05, 0) is 5.56 Å². The van der Waals surface area contributed by atoms with Gasteiger partial charge in [0.1, 0.15) is 6.10 Å². The summed E-state index contributed by atoms with van der Waals surface area (Å²) in [6.07, 6.45) is 1.59. The Bertz CT molecular complexity index is 282. The standard InChI is InChI=1S/C13H18O/c1-5-14-12(13(2,3)4)11-9-7-6-8-10-11/h5-10,12H,1H2,2-4H3/t12-/m0/s1. The predicted molar refractivity (Wildman–Crippen MR) is 59.9 cm³/mol. The highest BCUT2D eigenvalue weighted by molar-refractivity contribution is 5.19. The highest BCUT2D eigenvalue weighted by atomic mass is 16.5. The maximum Gasteiger partial charge on any atom is 0.128 e. The van der Waals surface area contributed by atoms with Gasteiger partial charge in [-0.3, -0.25) is 0 Å². The molecule has 1 heteroatoms. The van der Waals surface area contributed by atoms with E-state index < -0.39 is 0 Å². The molecular formula is C13H18O. The normalized spacial score (nSPS) is 13.4. The zero-order chi connectivity index (χ0) is 10.6. The fourth-order valence-electron chi connectivity index (χ4n) is 1.51. The Morgan fingerprint density at radius 1 is 1.21 bits per heavy atom. The minimum atomic E-state index is 0.0706. The fraction of sp³-hybridized carbons (Fsp3) is 0.385. The van der Waals surface area contributed by atoms with E-state index in [9.17, 15) is 0 Å². The molecule has 14 heavy (non-hydrogen) atoms. The Morgan fingerprint density at radius 2 is 1.79 bits per heavy atom. The molecule has 0 heterocycles. The van der Waals surface area contributed by atoms with E-state index in [1.807, 2.05) is 18.2 Å². The molecule has 0 bridgehead atoms. The van der Waals surface area contributed by atoms with Crippen LogP contribution in [0.1, 0.15) is 32.4 Å². The Morgan fingerprint density at radius 3 is 2.21 bits per heavy atom. The largest absolute Gasteiger partial charge is 0.493 e. The van der Waals surface area contributed by atoms with Gasteiger partial charge in [-0.25, -0.2) is 0 Å². The lowest BCUT2D eigenvalue weighted by Gasteiger charge is -2.30. The van der Waals surface area contributed by atoms with Crippen LogP contribution in [0.25, 0.3) is 0 Å². The highest BCUT2D eigenvalue weighted by Crippen LogP contribution is 2.35. The zero-order valence-electron chi connectivity index (χ0n) is 9.16. The minimum Gasteiger partial charge on any atom is -0.493 e. The van der Waals surface area contributed by atoms with Crippen molar-refractivity contribution in [3.63, 3.8) is 0 Å². The van der Waals surface area contributed by atoms with Gasteiger partial charge in [0.05, 0.1) is 6.26 Å². The molecule has 0 aromatic heterocycles. The number of hydrogen-bond acceptors (Lipinski definition) is 1. The van der Waals surface area contributed by atoms with Crippen LogP contribution in [0, 0.1) is 5.41 Å². The average molecular weight is 190 g/mol. The van der Waals surface area contributed by atoms with E-state index in [2.05, 4.69) is 39.5 Å². The van der Waals surface area contributed by atoms with Gasteiger partial charge in [0, 0.05) is 5.41 Å².